The number of carbonyl (C=O) groups excluding carboxylic acids is 1. The Hall–Kier alpha value is -0.320. The average Bonchev–Trinajstić information content (AvgIpc) is 2.56. The van der Waals surface area contributed by atoms with Crippen molar-refractivity contribution in [3.8, 4) is 0 Å². The minimum Gasteiger partial charge on any atom is -0.468 e. The van der Waals surface area contributed by atoms with E-state index in [0.29, 0.717) is 17.8 Å². The van der Waals surface area contributed by atoms with Gasteiger partial charge in [0.15, 0.2) is 0 Å². The van der Waals surface area contributed by atoms with Gasteiger partial charge in [0.05, 0.1) is 20.3 Å². The summed E-state index contributed by atoms with van der Waals surface area (Å²) in [6, 6.07) is -0.436. The Bertz CT molecular complexity index is 202. The molecular formula is C8H14ClNO3. The maximum absolute atomic E-state index is 11.0. The molecule has 1 saturated heterocycles. The van der Waals surface area contributed by atoms with Gasteiger partial charge in [0, 0.05) is 0 Å². The maximum atomic E-state index is 11.0. The van der Waals surface area contributed by atoms with E-state index in [9.17, 15) is 4.79 Å². The predicted molar refractivity (Wildman–Crippen MR) is 48.5 cm³/mol. The van der Waals surface area contributed by atoms with Crippen LogP contribution in [0.2, 0.25) is 0 Å². The largest absolute Gasteiger partial charge is 0.468 e. The molecule has 0 bridgehead atoms. The summed E-state index contributed by atoms with van der Waals surface area (Å²) in [5.41, 5.74) is 5.69. The molecule has 2 aliphatic rings. The molecule has 4 atom stereocenters. The number of esters is 1. The number of nitrogens with two attached hydrogens (primary N) is 1. The van der Waals surface area contributed by atoms with Gasteiger partial charge in [-0.2, -0.15) is 0 Å². The number of hydrogen-bond donors (Lipinski definition) is 1. The topological polar surface area (TPSA) is 61.5 Å². The van der Waals surface area contributed by atoms with Gasteiger partial charge in [0.25, 0.3) is 0 Å². The molecule has 4 nitrogen and oxygen atoms in total. The number of halogens is 1. The highest BCUT2D eigenvalue weighted by molar-refractivity contribution is 5.85. The van der Waals surface area contributed by atoms with Crippen LogP contribution in [0.3, 0.4) is 0 Å². The second-order valence-electron chi connectivity index (χ2n) is 3.49. The van der Waals surface area contributed by atoms with Crippen LogP contribution in [0.25, 0.3) is 0 Å². The third-order valence-electron chi connectivity index (χ3n) is 2.91. The van der Waals surface area contributed by atoms with Gasteiger partial charge in [-0.1, -0.05) is 0 Å². The fourth-order valence-electron chi connectivity index (χ4n) is 2.11. The lowest BCUT2D eigenvalue weighted by Gasteiger charge is -2.10. The molecule has 0 aromatic heterocycles. The zero-order chi connectivity index (χ0) is 8.72. The van der Waals surface area contributed by atoms with Crippen molar-refractivity contribution in [2.24, 2.45) is 23.5 Å². The van der Waals surface area contributed by atoms with E-state index >= 15 is 0 Å². The van der Waals surface area contributed by atoms with Gasteiger partial charge in [-0.25, -0.2) is 0 Å². The van der Waals surface area contributed by atoms with Crippen molar-refractivity contribution in [1.29, 1.82) is 0 Å². The van der Waals surface area contributed by atoms with Gasteiger partial charge in [0.1, 0.15) is 6.04 Å². The minimum atomic E-state index is -0.436. The van der Waals surface area contributed by atoms with E-state index in [0.717, 1.165) is 13.2 Å². The number of fused-ring (bicyclic) bond motifs is 1. The smallest absolute Gasteiger partial charge is 0.322 e. The zero-order valence-electron chi connectivity index (χ0n) is 7.43. The van der Waals surface area contributed by atoms with Crippen molar-refractivity contribution in [3.63, 3.8) is 0 Å². The summed E-state index contributed by atoms with van der Waals surface area (Å²) in [6.07, 6.45) is 0. The molecule has 0 aromatic rings. The fourth-order valence-corrected chi connectivity index (χ4v) is 2.11. The maximum Gasteiger partial charge on any atom is 0.322 e. The normalized spacial score (nSPS) is 37.2. The Morgan fingerprint density at radius 1 is 1.54 bits per heavy atom. The Kier molecular flexibility index (Phi) is 3.16. The minimum absolute atomic E-state index is 0. The summed E-state index contributed by atoms with van der Waals surface area (Å²) < 4.78 is 9.77. The molecule has 2 N–H and O–H groups in total. The van der Waals surface area contributed by atoms with Gasteiger partial charge in [-0.05, 0) is 17.8 Å². The first-order valence-corrected chi connectivity index (χ1v) is 4.17. The highest BCUT2D eigenvalue weighted by Crippen LogP contribution is 2.52. The summed E-state index contributed by atoms with van der Waals surface area (Å²) in [7, 11) is 1.37. The van der Waals surface area contributed by atoms with Crippen LogP contribution in [0.4, 0.5) is 0 Å². The van der Waals surface area contributed by atoms with Crippen molar-refractivity contribution in [2.45, 2.75) is 6.04 Å². The fraction of sp³-hybridized carbons (Fsp3) is 0.875. The number of hydrogen-bond acceptors (Lipinski definition) is 4. The molecular weight excluding hydrogens is 194 g/mol. The molecule has 13 heavy (non-hydrogen) atoms. The molecule has 76 valence electrons. The summed E-state index contributed by atoms with van der Waals surface area (Å²) >= 11 is 0. The standard InChI is InChI=1S/C8H13NO3.ClH/c1-11-8(10)7(9)6-4-2-12-3-5(4)6;/h4-7H,2-3,9H2,1H3;1H/t4-,5+,6+,7?;. The third-order valence-corrected chi connectivity index (χ3v) is 2.91. The lowest BCUT2D eigenvalue weighted by atomic mass is 10.1. The van der Waals surface area contributed by atoms with Crippen LogP contribution >= 0.6 is 12.4 Å². The summed E-state index contributed by atoms with van der Waals surface area (Å²) in [5.74, 6) is 1.04. The van der Waals surface area contributed by atoms with Gasteiger partial charge in [-0.3, -0.25) is 4.79 Å². The highest BCUT2D eigenvalue weighted by atomic mass is 35.5. The molecule has 0 spiro atoms. The van der Waals surface area contributed by atoms with Crippen LogP contribution in [-0.4, -0.2) is 32.3 Å². The Balaban J connectivity index is 0.000000845. The number of rotatable bonds is 2. The molecule has 5 heteroatoms. The summed E-state index contributed by atoms with van der Waals surface area (Å²) in [6.45, 7) is 1.53. The summed E-state index contributed by atoms with van der Waals surface area (Å²) in [5, 5.41) is 0. The number of methoxy groups -OCH3 is 1. The lowest BCUT2D eigenvalue weighted by Crippen LogP contribution is -2.35. The van der Waals surface area contributed by atoms with Crippen molar-refractivity contribution in [1.82, 2.24) is 0 Å². The second-order valence-corrected chi connectivity index (χ2v) is 3.49. The van der Waals surface area contributed by atoms with Crippen molar-refractivity contribution in [2.75, 3.05) is 20.3 Å². The number of carbonyl (C=O) groups is 1. The molecule has 1 aliphatic heterocycles. The molecule has 1 unspecified atom stereocenters. The van der Waals surface area contributed by atoms with E-state index in [1.807, 2.05) is 0 Å². The van der Waals surface area contributed by atoms with Gasteiger partial charge >= 0.3 is 5.97 Å². The first-order valence-electron chi connectivity index (χ1n) is 4.17. The van der Waals surface area contributed by atoms with Crippen LogP contribution in [0, 0.1) is 17.8 Å². The van der Waals surface area contributed by atoms with Gasteiger partial charge in [0.2, 0.25) is 0 Å². The average molecular weight is 208 g/mol. The number of ether oxygens (including phenoxy) is 2. The molecule has 0 amide bonds. The zero-order valence-corrected chi connectivity index (χ0v) is 8.25. The van der Waals surface area contributed by atoms with E-state index < -0.39 is 6.04 Å². The van der Waals surface area contributed by atoms with Crippen LogP contribution in [0.15, 0.2) is 0 Å². The van der Waals surface area contributed by atoms with Crippen LogP contribution in [0.1, 0.15) is 0 Å². The predicted octanol–water partition coefficient (Wildman–Crippen LogP) is -0.199. The Morgan fingerprint density at radius 3 is 2.54 bits per heavy atom. The second kappa shape index (κ2) is 3.82. The van der Waals surface area contributed by atoms with Crippen LogP contribution in [0.5, 0.6) is 0 Å². The van der Waals surface area contributed by atoms with Crippen LogP contribution < -0.4 is 5.73 Å². The van der Waals surface area contributed by atoms with E-state index in [1.165, 1.54) is 7.11 Å². The highest BCUT2D eigenvalue weighted by Gasteiger charge is 2.58. The van der Waals surface area contributed by atoms with Gasteiger partial charge in [-0.15, -0.1) is 12.4 Å². The third kappa shape index (κ3) is 1.66. The molecule has 1 saturated carbocycles. The monoisotopic (exact) mass is 207 g/mol. The Morgan fingerprint density at radius 2 is 2.08 bits per heavy atom. The quantitative estimate of drug-likeness (QED) is 0.638. The summed E-state index contributed by atoms with van der Waals surface area (Å²) in [4.78, 5) is 11.0. The lowest BCUT2D eigenvalue weighted by molar-refractivity contribution is -0.143. The van der Waals surface area contributed by atoms with Crippen molar-refractivity contribution in [3.05, 3.63) is 0 Å². The molecule has 2 rings (SSSR count). The molecule has 1 aliphatic carbocycles. The van der Waals surface area contributed by atoms with Gasteiger partial charge < -0.3 is 15.2 Å². The van der Waals surface area contributed by atoms with Crippen molar-refractivity contribution >= 4 is 18.4 Å². The molecule has 0 aromatic carbocycles. The van der Waals surface area contributed by atoms with Crippen LogP contribution in [-0.2, 0) is 14.3 Å². The van der Waals surface area contributed by atoms with E-state index in [1.54, 1.807) is 0 Å². The SMILES string of the molecule is COC(=O)C(N)[C@H]1[C@@H]2COC[C@@H]21.Cl. The molecule has 2 fully saturated rings. The Labute approximate surface area is 83.2 Å². The van der Waals surface area contributed by atoms with E-state index in [-0.39, 0.29) is 18.4 Å². The van der Waals surface area contributed by atoms with E-state index in [4.69, 9.17) is 10.5 Å². The first-order chi connectivity index (χ1) is 5.75. The van der Waals surface area contributed by atoms with E-state index in [2.05, 4.69) is 4.74 Å². The molecule has 0 radical (unpaired) electrons. The van der Waals surface area contributed by atoms with Crippen molar-refractivity contribution < 1.29 is 14.3 Å². The first kappa shape index (κ1) is 10.8. The molecule has 1 heterocycles.